The number of hydrogen-bond acceptors (Lipinski definition) is 5. The van der Waals surface area contributed by atoms with Gasteiger partial charge in [-0.15, -0.1) is 0 Å². The Kier molecular flexibility index (Phi) is 5.14. The highest BCUT2D eigenvalue weighted by atomic mass is 16.6. The van der Waals surface area contributed by atoms with Crippen LogP contribution in [0.3, 0.4) is 0 Å². The molecule has 1 saturated heterocycles. The van der Waals surface area contributed by atoms with E-state index in [2.05, 4.69) is 5.32 Å². The van der Waals surface area contributed by atoms with Gasteiger partial charge in [0.15, 0.2) is 6.10 Å². The lowest BCUT2D eigenvalue weighted by Gasteiger charge is -2.25. The lowest BCUT2D eigenvalue weighted by molar-refractivity contribution is -0.176. The van der Waals surface area contributed by atoms with Crippen LogP contribution < -0.4 is 5.32 Å². The summed E-state index contributed by atoms with van der Waals surface area (Å²) in [7, 11) is 0. The molecule has 1 aliphatic rings. The normalized spacial score (nSPS) is 22.1. The third-order valence-electron chi connectivity index (χ3n) is 2.66. The molecule has 5 heteroatoms. The van der Waals surface area contributed by atoms with Crippen molar-refractivity contribution in [3.63, 3.8) is 0 Å². The van der Waals surface area contributed by atoms with Crippen LogP contribution in [0.15, 0.2) is 0 Å². The lowest BCUT2D eigenvalue weighted by atomic mass is 10.00. The molecule has 2 atom stereocenters. The average Bonchev–Trinajstić information content (AvgIpc) is 2.27. The van der Waals surface area contributed by atoms with Gasteiger partial charge in [-0.1, -0.05) is 0 Å². The van der Waals surface area contributed by atoms with E-state index in [1.807, 2.05) is 0 Å². The lowest BCUT2D eigenvalue weighted by Crippen LogP contribution is -2.39. The minimum Gasteiger partial charge on any atom is -0.457 e. The fourth-order valence-electron chi connectivity index (χ4n) is 1.76. The van der Waals surface area contributed by atoms with E-state index >= 15 is 0 Å². The van der Waals surface area contributed by atoms with E-state index in [1.165, 1.54) is 0 Å². The summed E-state index contributed by atoms with van der Waals surface area (Å²) in [5.74, 6) is -0.969. The molecule has 0 aliphatic carbocycles. The third-order valence-corrected chi connectivity index (χ3v) is 2.66. The molecule has 0 saturated carbocycles. The highest BCUT2D eigenvalue weighted by Crippen LogP contribution is 2.14. The molecule has 0 amide bonds. The van der Waals surface area contributed by atoms with Gasteiger partial charge in [-0.25, -0.2) is 4.79 Å². The minimum absolute atomic E-state index is 0.149. The number of nitrogens with one attached hydrogen (secondary N) is 1. The summed E-state index contributed by atoms with van der Waals surface area (Å²) in [4.78, 5) is 23.5. The highest BCUT2D eigenvalue weighted by molar-refractivity contribution is 5.80. The third kappa shape index (κ3) is 5.04. The molecule has 5 nitrogen and oxygen atoms in total. The van der Waals surface area contributed by atoms with Crippen LogP contribution in [0, 0.1) is 5.92 Å². The van der Waals surface area contributed by atoms with Crippen molar-refractivity contribution >= 4 is 11.9 Å². The number of carbonyl (C=O) groups is 2. The van der Waals surface area contributed by atoms with Crippen LogP contribution in [0.2, 0.25) is 0 Å². The second-order valence-electron chi connectivity index (χ2n) is 5.66. The van der Waals surface area contributed by atoms with E-state index < -0.39 is 17.7 Å². The van der Waals surface area contributed by atoms with Crippen LogP contribution >= 0.6 is 0 Å². The molecule has 0 bridgehead atoms. The van der Waals surface area contributed by atoms with E-state index in [0.717, 1.165) is 19.4 Å². The molecule has 0 aromatic rings. The van der Waals surface area contributed by atoms with Crippen LogP contribution in [0.5, 0.6) is 0 Å². The van der Waals surface area contributed by atoms with Gasteiger partial charge in [0.05, 0.1) is 5.92 Å². The second-order valence-corrected chi connectivity index (χ2v) is 5.66. The van der Waals surface area contributed by atoms with Gasteiger partial charge in [0, 0.05) is 6.54 Å². The molecule has 0 unspecified atom stereocenters. The molecule has 1 N–H and O–H groups in total. The van der Waals surface area contributed by atoms with E-state index in [4.69, 9.17) is 9.47 Å². The molecule has 1 fully saturated rings. The predicted molar refractivity (Wildman–Crippen MR) is 67.0 cm³/mol. The van der Waals surface area contributed by atoms with Crippen LogP contribution in [0.1, 0.15) is 40.5 Å². The number of carbonyl (C=O) groups excluding carboxylic acids is 2. The molecule has 0 radical (unpaired) electrons. The zero-order valence-corrected chi connectivity index (χ0v) is 11.6. The summed E-state index contributed by atoms with van der Waals surface area (Å²) in [5.41, 5.74) is -0.565. The number of ether oxygens (including phenoxy) is 2. The molecule has 1 heterocycles. The van der Waals surface area contributed by atoms with Crippen molar-refractivity contribution in [1.29, 1.82) is 0 Å². The van der Waals surface area contributed by atoms with Crippen molar-refractivity contribution in [2.45, 2.75) is 52.2 Å². The van der Waals surface area contributed by atoms with Crippen LogP contribution in [-0.2, 0) is 19.1 Å². The Bertz CT molecular complexity index is 303. The Morgan fingerprint density at radius 1 is 1.33 bits per heavy atom. The average molecular weight is 257 g/mol. The fourth-order valence-corrected chi connectivity index (χ4v) is 1.76. The molecule has 104 valence electrons. The molecular formula is C13H23NO4. The van der Waals surface area contributed by atoms with Crippen molar-refractivity contribution in [3.05, 3.63) is 0 Å². The van der Waals surface area contributed by atoms with Crippen LogP contribution in [0.4, 0.5) is 0 Å². The molecule has 18 heavy (non-hydrogen) atoms. The summed E-state index contributed by atoms with van der Waals surface area (Å²) >= 11 is 0. The monoisotopic (exact) mass is 257 g/mol. The van der Waals surface area contributed by atoms with E-state index in [9.17, 15) is 9.59 Å². The Balaban J connectivity index is 2.41. The zero-order chi connectivity index (χ0) is 13.8. The molecular weight excluding hydrogens is 234 g/mol. The summed E-state index contributed by atoms with van der Waals surface area (Å²) in [5, 5.41) is 3.14. The van der Waals surface area contributed by atoms with Crippen molar-refractivity contribution in [2.75, 3.05) is 13.1 Å². The van der Waals surface area contributed by atoms with Gasteiger partial charge in [0.25, 0.3) is 0 Å². The maximum Gasteiger partial charge on any atom is 0.347 e. The van der Waals surface area contributed by atoms with Crippen LogP contribution in [0.25, 0.3) is 0 Å². The Hall–Kier alpha value is -1.10. The quantitative estimate of drug-likeness (QED) is 0.771. The smallest absolute Gasteiger partial charge is 0.347 e. The Labute approximate surface area is 108 Å². The second kappa shape index (κ2) is 6.18. The summed E-state index contributed by atoms with van der Waals surface area (Å²) in [6.45, 7) is 8.45. The number of piperidine rings is 1. The van der Waals surface area contributed by atoms with Crippen molar-refractivity contribution in [1.82, 2.24) is 5.32 Å². The standard InChI is InChI=1S/C13H23NO4/c1-9(11(15)18-13(2,3)4)17-12(16)10-6-5-7-14-8-10/h9-10,14H,5-8H2,1-4H3/t9-,10+/m1/s1. The van der Waals surface area contributed by atoms with E-state index in [1.54, 1.807) is 27.7 Å². The fraction of sp³-hybridized carbons (Fsp3) is 0.846. The first-order valence-electron chi connectivity index (χ1n) is 6.43. The van der Waals surface area contributed by atoms with Gasteiger partial charge in [-0.2, -0.15) is 0 Å². The first-order chi connectivity index (χ1) is 8.29. The number of hydrogen-bond donors (Lipinski definition) is 1. The molecule has 0 aromatic carbocycles. The Morgan fingerprint density at radius 2 is 2.00 bits per heavy atom. The van der Waals surface area contributed by atoms with Gasteiger partial charge in [-0.05, 0) is 47.1 Å². The SMILES string of the molecule is C[C@@H](OC(=O)[C@H]1CCCNC1)C(=O)OC(C)(C)C. The van der Waals surface area contributed by atoms with Crippen molar-refractivity contribution in [3.8, 4) is 0 Å². The topological polar surface area (TPSA) is 64.6 Å². The first-order valence-corrected chi connectivity index (χ1v) is 6.43. The van der Waals surface area contributed by atoms with Gasteiger partial charge < -0.3 is 14.8 Å². The van der Waals surface area contributed by atoms with Gasteiger partial charge in [-0.3, -0.25) is 4.79 Å². The van der Waals surface area contributed by atoms with Gasteiger partial charge in [0.2, 0.25) is 0 Å². The maximum absolute atomic E-state index is 11.8. The molecule has 1 rings (SSSR count). The minimum atomic E-state index is -0.848. The first kappa shape index (κ1) is 15.0. The summed E-state index contributed by atoms with van der Waals surface area (Å²) in [6.07, 6.45) is 0.923. The number of esters is 2. The molecule has 0 spiro atoms. The predicted octanol–water partition coefficient (Wildman–Crippen LogP) is 1.26. The van der Waals surface area contributed by atoms with E-state index in [-0.39, 0.29) is 11.9 Å². The maximum atomic E-state index is 11.8. The van der Waals surface area contributed by atoms with Gasteiger partial charge >= 0.3 is 11.9 Å². The molecule has 1 aliphatic heterocycles. The van der Waals surface area contributed by atoms with E-state index in [0.29, 0.717) is 6.54 Å². The highest BCUT2D eigenvalue weighted by Gasteiger charge is 2.28. The largest absolute Gasteiger partial charge is 0.457 e. The molecule has 0 aromatic heterocycles. The number of rotatable bonds is 3. The summed E-state index contributed by atoms with van der Waals surface area (Å²) in [6, 6.07) is 0. The zero-order valence-electron chi connectivity index (χ0n) is 11.6. The Morgan fingerprint density at radius 3 is 2.50 bits per heavy atom. The van der Waals surface area contributed by atoms with Crippen LogP contribution in [-0.4, -0.2) is 36.7 Å². The van der Waals surface area contributed by atoms with Crippen molar-refractivity contribution in [2.24, 2.45) is 5.92 Å². The summed E-state index contributed by atoms with van der Waals surface area (Å²) < 4.78 is 10.3. The van der Waals surface area contributed by atoms with Crippen molar-refractivity contribution < 1.29 is 19.1 Å². The van der Waals surface area contributed by atoms with Gasteiger partial charge in [0.1, 0.15) is 5.60 Å².